The van der Waals surface area contributed by atoms with Crippen LogP contribution in [-0.4, -0.2) is 59.5 Å². The summed E-state index contributed by atoms with van der Waals surface area (Å²) in [4.78, 5) is 26.5. The van der Waals surface area contributed by atoms with Crippen molar-refractivity contribution in [3.63, 3.8) is 0 Å². The third kappa shape index (κ3) is 3.19. The van der Waals surface area contributed by atoms with Crippen LogP contribution in [-0.2, 0) is 9.59 Å². The summed E-state index contributed by atoms with van der Waals surface area (Å²) >= 11 is 0. The first-order valence-electron chi connectivity index (χ1n) is 6.40. The van der Waals surface area contributed by atoms with E-state index in [9.17, 15) is 9.59 Å². The molecule has 0 spiro atoms. The van der Waals surface area contributed by atoms with Crippen molar-refractivity contribution >= 4 is 11.9 Å². The normalized spacial score (nSPS) is 22.2. The van der Waals surface area contributed by atoms with Gasteiger partial charge in [-0.25, -0.2) is 0 Å². The highest BCUT2D eigenvalue weighted by atomic mass is 16.4. The Hall–Kier alpha value is -1.10. The van der Waals surface area contributed by atoms with Gasteiger partial charge in [0.25, 0.3) is 0 Å². The summed E-state index contributed by atoms with van der Waals surface area (Å²) in [5.41, 5.74) is 0. The van der Waals surface area contributed by atoms with E-state index in [0.29, 0.717) is 12.5 Å². The molecule has 5 heteroatoms. The highest BCUT2D eigenvalue weighted by molar-refractivity contribution is 5.79. The second-order valence-electron chi connectivity index (χ2n) is 4.94. The molecule has 1 aliphatic carbocycles. The fraction of sp³-hybridized carbons (Fsp3) is 0.833. The number of amides is 1. The van der Waals surface area contributed by atoms with Gasteiger partial charge in [0, 0.05) is 38.6 Å². The zero-order valence-electron chi connectivity index (χ0n) is 10.1. The molecule has 0 radical (unpaired) electrons. The smallest absolute Gasteiger partial charge is 0.304 e. The average Bonchev–Trinajstić information content (AvgIpc) is 2.24. The fourth-order valence-corrected chi connectivity index (χ4v) is 2.36. The van der Waals surface area contributed by atoms with Crippen LogP contribution in [0.25, 0.3) is 0 Å². The van der Waals surface area contributed by atoms with E-state index in [0.717, 1.165) is 39.0 Å². The number of rotatable bonds is 4. The third-order valence-electron chi connectivity index (χ3n) is 3.78. The van der Waals surface area contributed by atoms with Gasteiger partial charge in [0.05, 0.1) is 6.42 Å². The molecule has 1 heterocycles. The SMILES string of the molecule is O=C(O)CCN1CCN(C(=O)C2CCC2)CC1. The monoisotopic (exact) mass is 240 g/mol. The van der Waals surface area contributed by atoms with Gasteiger partial charge in [0.15, 0.2) is 0 Å². The van der Waals surface area contributed by atoms with Gasteiger partial charge in [0.1, 0.15) is 0 Å². The van der Waals surface area contributed by atoms with E-state index in [1.54, 1.807) is 0 Å². The zero-order valence-corrected chi connectivity index (χ0v) is 10.1. The Kier molecular flexibility index (Phi) is 3.99. The van der Waals surface area contributed by atoms with Crippen molar-refractivity contribution in [2.24, 2.45) is 5.92 Å². The van der Waals surface area contributed by atoms with Gasteiger partial charge in [-0.15, -0.1) is 0 Å². The van der Waals surface area contributed by atoms with Crippen LogP contribution in [0.15, 0.2) is 0 Å². The summed E-state index contributed by atoms with van der Waals surface area (Å²) in [5.74, 6) is -0.160. The van der Waals surface area contributed by atoms with Crippen LogP contribution in [0.5, 0.6) is 0 Å². The van der Waals surface area contributed by atoms with Gasteiger partial charge in [-0.05, 0) is 12.8 Å². The first-order valence-corrected chi connectivity index (χ1v) is 6.40. The van der Waals surface area contributed by atoms with Gasteiger partial charge in [-0.1, -0.05) is 6.42 Å². The maximum Gasteiger partial charge on any atom is 0.304 e. The quantitative estimate of drug-likeness (QED) is 0.773. The van der Waals surface area contributed by atoms with E-state index >= 15 is 0 Å². The topological polar surface area (TPSA) is 60.9 Å². The van der Waals surface area contributed by atoms with E-state index < -0.39 is 5.97 Å². The summed E-state index contributed by atoms with van der Waals surface area (Å²) in [6.07, 6.45) is 3.49. The summed E-state index contributed by atoms with van der Waals surface area (Å²) < 4.78 is 0. The molecule has 2 fully saturated rings. The molecular weight excluding hydrogens is 220 g/mol. The molecule has 0 aromatic carbocycles. The first-order chi connectivity index (χ1) is 8.16. The lowest BCUT2D eigenvalue weighted by molar-refractivity contribution is -0.141. The number of nitrogens with zero attached hydrogens (tertiary/aromatic N) is 2. The van der Waals surface area contributed by atoms with Crippen LogP contribution in [0.1, 0.15) is 25.7 Å². The molecule has 0 atom stereocenters. The van der Waals surface area contributed by atoms with Crippen molar-refractivity contribution in [1.82, 2.24) is 9.80 Å². The summed E-state index contributed by atoms with van der Waals surface area (Å²) in [6.45, 7) is 3.74. The summed E-state index contributed by atoms with van der Waals surface area (Å²) in [6, 6.07) is 0. The van der Waals surface area contributed by atoms with E-state index in [4.69, 9.17) is 5.11 Å². The van der Waals surface area contributed by atoms with Crippen LogP contribution in [0.4, 0.5) is 0 Å². The number of carboxylic acid groups (broad SMARTS) is 1. The lowest BCUT2D eigenvalue weighted by Crippen LogP contribution is -2.51. The molecule has 1 N–H and O–H groups in total. The Morgan fingerprint density at radius 2 is 1.76 bits per heavy atom. The van der Waals surface area contributed by atoms with Crippen molar-refractivity contribution in [3.05, 3.63) is 0 Å². The molecule has 17 heavy (non-hydrogen) atoms. The maximum atomic E-state index is 12.0. The summed E-state index contributed by atoms with van der Waals surface area (Å²) in [7, 11) is 0. The molecule has 1 saturated heterocycles. The molecule has 2 aliphatic rings. The van der Waals surface area contributed by atoms with E-state index in [1.165, 1.54) is 6.42 Å². The van der Waals surface area contributed by atoms with Gasteiger partial charge >= 0.3 is 5.97 Å². The number of hydrogen-bond acceptors (Lipinski definition) is 3. The predicted molar refractivity (Wildman–Crippen MR) is 62.6 cm³/mol. The van der Waals surface area contributed by atoms with E-state index in [-0.39, 0.29) is 12.3 Å². The third-order valence-corrected chi connectivity index (χ3v) is 3.78. The van der Waals surface area contributed by atoms with Gasteiger partial charge < -0.3 is 10.0 Å². The standard InChI is InChI=1S/C12H20N2O3/c15-11(16)4-5-13-6-8-14(9-7-13)12(17)10-2-1-3-10/h10H,1-9H2,(H,15,16). The lowest BCUT2D eigenvalue weighted by Gasteiger charge is -2.38. The molecule has 96 valence electrons. The predicted octanol–water partition coefficient (Wildman–Crippen LogP) is 0.405. The fourth-order valence-electron chi connectivity index (χ4n) is 2.36. The summed E-state index contributed by atoms with van der Waals surface area (Å²) in [5, 5.41) is 8.61. The number of carboxylic acids is 1. The zero-order chi connectivity index (χ0) is 12.3. The molecule has 0 aromatic heterocycles. The van der Waals surface area contributed by atoms with E-state index in [2.05, 4.69) is 4.90 Å². The van der Waals surface area contributed by atoms with Crippen LogP contribution >= 0.6 is 0 Å². The highest BCUT2D eigenvalue weighted by Crippen LogP contribution is 2.28. The van der Waals surface area contributed by atoms with Crippen LogP contribution in [0.2, 0.25) is 0 Å². The number of hydrogen-bond donors (Lipinski definition) is 1. The molecule has 1 saturated carbocycles. The largest absolute Gasteiger partial charge is 0.481 e. The Bertz CT molecular complexity index is 294. The lowest BCUT2D eigenvalue weighted by atomic mass is 9.84. The molecular formula is C12H20N2O3. The van der Waals surface area contributed by atoms with Crippen LogP contribution in [0.3, 0.4) is 0 Å². The van der Waals surface area contributed by atoms with Crippen molar-refractivity contribution in [3.8, 4) is 0 Å². The Morgan fingerprint density at radius 3 is 2.24 bits per heavy atom. The molecule has 1 aliphatic heterocycles. The first kappa shape index (κ1) is 12.4. The van der Waals surface area contributed by atoms with Crippen LogP contribution in [0, 0.1) is 5.92 Å². The minimum atomic E-state index is -0.752. The van der Waals surface area contributed by atoms with Gasteiger partial charge in [-0.2, -0.15) is 0 Å². The highest BCUT2D eigenvalue weighted by Gasteiger charge is 2.30. The molecule has 0 unspecified atom stereocenters. The van der Waals surface area contributed by atoms with Gasteiger partial charge in [0.2, 0.25) is 5.91 Å². The number of aliphatic carboxylic acids is 1. The van der Waals surface area contributed by atoms with E-state index in [1.807, 2.05) is 4.90 Å². The number of carbonyl (C=O) groups is 2. The molecule has 0 bridgehead atoms. The van der Waals surface area contributed by atoms with Crippen LogP contribution < -0.4 is 0 Å². The molecule has 5 nitrogen and oxygen atoms in total. The molecule has 0 aromatic rings. The second-order valence-corrected chi connectivity index (χ2v) is 4.94. The minimum Gasteiger partial charge on any atom is -0.481 e. The second kappa shape index (κ2) is 5.49. The van der Waals surface area contributed by atoms with Crippen molar-refractivity contribution < 1.29 is 14.7 Å². The Balaban J connectivity index is 1.70. The minimum absolute atomic E-state index is 0.191. The van der Waals surface area contributed by atoms with Crippen molar-refractivity contribution in [1.29, 1.82) is 0 Å². The Morgan fingerprint density at radius 1 is 1.12 bits per heavy atom. The van der Waals surface area contributed by atoms with Gasteiger partial charge in [-0.3, -0.25) is 14.5 Å². The number of carbonyl (C=O) groups excluding carboxylic acids is 1. The average molecular weight is 240 g/mol. The Labute approximate surface area is 101 Å². The molecule has 1 amide bonds. The van der Waals surface area contributed by atoms with Crippen molar-refractivity contribution in [2.75, 3.05) is 32.7 Å². The maximum absolute atomic E-state index is 12.0. The molecule has 2 rings (SSSR count). The number of piperazine rings is 1. The van der Waals surface area contributed by atoms with Crippen molar-refractivity contribution in [2.45, 2.75) is 25.7 Å².